The summed E-state index contributed by atoms with van der Waals surface area (Å²) in [5, 5.41) is 31.4. The van der Waals surface area contributed by atoms with Crippen LogP contribution in [0.2, 0.25) is 5.82 Å². The van der Waals surface area contributed by atoms with Gasteiger partial charge in [-0.15, -0.1) is 0 Å². The third-order valence-electron chi connectivity index (χ3n) is 5.95. The number of carbonyl (C=O) groups is 5. The molecular formula is C21H26BN3O9. The summed E-state index contributed by atoms with van der Waals surface area (Å²) in [7, 11) is -1.45. The molecule has 1 aromatic rings. The number of imide groups is 1. The summed E-state index contributed by atoms with van der Waals surface area (Å²) in [6.45, 7) is 1.76. The predicted octanol–water partition coefficient (Wildman–Crippen LogP) is -0.719. The van der Waals surface area contributed by atoms with Crippen molar-refractivity contribution in [2.24, 2.45) is 0 Å². The number of rotatable bonds is 8. The Labute approximate surface area is 195 Å². The van der Waals surface area contributed by atoms with Crippen molar-refractivity contribution in [3.8, 4) is 5.75 Å². The van der Waals surface area contributed by atoms with Gasteiger partial charge in [-0.05, 0) is 31.4 Å². The van der Waals surface area contributed by atoms with Gasteiger partial charge in [-0.1, -0.05) is 12.1 Å². The number of carboxylic acids is 1. The number of nitrogens with zero attached hydrogens (tertiary/aromatic N) is 2. The number of Topliss-reactive ketones (excluding diaryl/α,β-unsaturated/α-hetero) is 1. The van der Waals surface area contributed by atoms with Crippen LogP contribution >= 0.6 is 0 Å². The van der Waals surface area contributed by atoms with E-state index in [1.165, 1.54) is 17.0 Å². The first-order valence-corrected chi connectivity index (χ1v) is 10.9. The molecule has 4 N–H and O–H groups in total. The standard InChI is InChI=1S/C21H26BN3O9/c1-2-24-7-8-25(19(29)18(24)28)21(32)23-15(6-9-26)16(27)11-13-10-12-4-3-5-14(20(30)31)17(12)34-22(13)33/h3-5,13,15,26,33H,2,6-11H2,1H3,(H,23,32)(H,30,31)/t13-,15-/m1/s1. The Hall–Kier alpha value is -3.45. The van der Waals surface area contributed by atoms with Crippen molar-refractivity contribution < 1.29 is 43.9 Å². The van der Waals surface area contributed by atoms with Crippen LogP contribution in [0.15, 0.2) is 18.2 Å². The number of nitrogens with one attached hydrogen (secondary N) is 1. The van der Waals surface area contributed by atoms with Crippen LogP contribution in [-0.4, -0.2) is 94.0 Å². The van der Waals surface area contributed by atoms with Gasteiger partial charge in [-0.2, -0.15) is 0 Å². The smallest absolute Gasteiger partial charge is 0.526 e. The maximum Gasteiger partial charge on any atom is 0.526 e. The highest BCUT2D eigenvalue weighted by atomic mass is 16.5. The number of benzene rings is 1. The number of fused-ring (bicyclic) bond motifs is 1. The van der Waals surface area contributed by atoms with Crippen LogP contribution in [0.25, 0.3) is 0 Å². The van der Waals surface area contributed by atoms with E-state index in [-0.39, 0.29) is 43.7 Å². The number of ketones is 1. The average Bonchev–Trinajstić information content (AvgIpc) is 2.80. The molecule has 2 aliphatic rings. The quantitative estimate of drug-likeness (QED) is 0.280. The van der Waals surface area contributed by atoms with Crippen LogP contribution < -0.4 is 9.97 Å². The van der Waals surface area contributed by atoms with Gasteiger partial charge in [0.15, 0.2) is 5.78 Å². The van der Waals surface area contributed by atoms with Crippen molar-refractivity contribution in [2.75, 3.05) is 26.2 Å². The Balaban J connectivity index is 1.68. The zero-order chi connectivity index (χ0) is 25.0. The lowest BCUT2D eigenvalue weighted by Crippen LogP contribution is -2.59. The number of carbonyl (C=O) groups excluding carboxylic acids is 4. The first-order valence-electron chi connectivity index (χ1n) is 10.9. The Morgan fingerprint density at radius 3 is 2.62 bits per heavy atom. The zero-order valence-electron chi connectivity index (χ0n) is 18.6. The number of likely N-dealkylation sites (N-methyl/N-ethyl adjacent to an activating group) is 1. The molecule has 182 valence electrons. The Bertz CT molecular complexity index is 1000. The molecule has 0 aliphatic carbocycles. The summed E-state index contributed by atoms with van der Waals surface area (Å²) in [5.41, 5.74) is 0.415. The maximum absolute atomic E-state index is 12.9. The van der Waals surface area contributed by atoms with Gasteiger partial charge in [-0.3, -0.25) is 19.3 Å². The third-order valence-corrected chi connectivity index (χ3v) is 5.95. The number of hydrogen-bond acceptors (Lipinski definition) is 8. The molecule has 2 aliphatic heterocycles. The van der Waals surface area contributed by atoms with Crippen LogP contribution in [0.1, 0.15) is 35.7 Å². The molecule has 2 atom stereocenters. The van der Waals surface area contributed by atoms with Gasteiger partial charge in [0.25, 0.3) is 0 Å². The number of urea groups is 1. The fraction of sp³-hybridized carbons (Fsp3) is 0.476. The van der Waals surface area contributed by atoms with Crippen molar-refractivity contribution in [1.29, 1.82) is 0 Å². The fourth-order valence-corrected chi connectivity index (χ4v) is 4.07. The molecule has 0 bridgehead atoms. The van der Waals surface area contributed by atoms with Crippen LogP contribution in [0, 0.1) is 0 Å². The number of aliphatic hydroxyl groups excluding tert-OH is 1. The molecule has 4 amide bonds. The molecule has 1 saturated heterocycles. The van der Waals surface area contributed by atoms with Crippen molar-refractivity contribution in [3.63, 3.8) is 0 Å². The number of aromatic carboxylic acids is 1. The molecular weight excluding hydrogens is 449 g/mol. The average molecular weight is 475 g/mol. The number of para-hydroxylation sites is 1. The molecule has 3 rings (SSSR count). The minimum atomic E-state index is -1.45. The zero-order valence-corrected chi connectivity index (χ0v) is 18.6. The van der Waals surface area contributed by atoms with Crippen LogP contribution in [0.3, 0.4) is 0 Å². The minimum Gasteiger partial charge on any atom is -0.535 e. The van der Waals surface area contributed by atoms with E-state index in [2.05, 4.69) is 5.32 Å². The molecule has 1 fully saturated rings. The minimum absolute atomic E-state index is 0.0256. The second kappa shape index (κ2) is 10.7. The fourth-order valence-electron chi connectivity index (χ4n) is 4.07. The van der Waals surface area contributed by atoms with Crippen molar-refractivity contribution in [1.82, 2.24) is 15.1 Å². The van der Waals surface area contributed by atoms with E-state index in [0.717, 1.165) is 4.90 Å². The Kier molecular flexibility index (Phi) is 7.89. The molecule has 0 radical (unpaired) electrons. The van der Waals surface area contributed by atoms with Crippen molar-refractivity contribution >= 4 is 36.7 Å². The van der Waals surface area contributed by atoms with Gasteiger partial charge in [0.2, 0.25) is 0 Å². The van der Waals surface area contributed by atoms with Crippen LogP contribution in [0.5, 0.6) is 5.75 Å². The second-order valence-electron chi connectivity index (χ2n) is 8.10. The van der Waals surface area contributed by atoms with Gasteiger partial charge < -0.3 is 30.1 Å². The second-order valence-corrected chi connectivity index (χ2v) is 8.10. The monoisotopic (exact) mass is 475 g/mol. The molecule has 0 aromatic heterocycles. The third kappa shape index (κ3) is 5.20. The van der Waals surface area contributed by atoms with E-state index in [4.69, 9.17) is 4.65 Å². The van der Waals surface area contributed by atoms with Crippen molar-refractivity contribution in [3.05, 3.63) is 29.3 Å². The van der Waals surface area contributed by atoms with Gasteiger partial charge in [0.1, 0.15) is 5.75 Å². The summed E-state index contributed by atoms with van der Waals surface area (Å²) in [5.74, 6) is -4.21. The highest BCUT2D eigenvalue weighted by Crippen LogP contribution is 2.36. The molecule has 34 heavy (non-hydrogen) atoms. The topological polar surface area (TPSA) is 174 Å². The molecule has 0 saturated carbocycles. The van der Waals surface area contributed by atoms with Crippen LogP contribution in [0.4, 0.5) is 4.79 Å². The number of amides is 4. The Morgan fingerprint density at radius 2 is 1.97 bits per heavy atom. The SMILES string of the molecule is CCN1CCN(C(=O)N[C@H](CCO)C(=O)C[C@H]2Cc3cccc(C(=O)O)c3OB2O)C(=O)C1=O. The molecule has 2 heterocycles. The highest BCUT2D eigenvalue weighted by Gasteiger charge is 2.40. The number of carboxylic acid groups (broad SMARTS) is 1. The Morgan fingerprint density at radius 1 is 1.24 bits per heavy atom. The summed E-state index contributed by atoms with van der Waals surface area (Å²) in [6, 6.07) is 2.43. The summed E-state index contributed by atoms with van der Waals surface area (Å²) >= 11 is 0. The van der Waals surface area contributed by atoms with E-state index < -0.39 is 55.2 Å². The van der Waals surface area contributed by atoms with E-state index in [9.17, 15) is 39.2 Å². The van der Waals surface area contributed by atoms with E-state index in [1.807, 2.05) is 0 Å². The molecule has 12 nitrogen and oxygen atoms in total. The summed E-state index contributed by atoms with van der Waals surface area (Å²) in [4.78, 5) is 63.3. The first-order chi connectivity index (χ1) is 16.2. The lowest BCUT2D eigenvalue weighted by atomic mass is 9.64. The van der Waals surface area contributed by atoms with Crippen molar-refractivity contribution in [2.45, 2.75) is 38.0 Å². The van der Waals surface area contributed by atoms with E-state index in [1.54, 1.807) is 13.0 Å². The van der Waals surface area contributed by atoms with E-state index >= 15 is 0 Å². The lowest BCUT2D eigenvalue weighted by Gasteiger charge is -2.33. The normalized spacial score (nSPS) is 18.8. The van der Waals surface area contributed by atoms with Gasteiger partial charge in [0, 0.05) is 38.5 Å². The molecule has 13 heteroatoms. The lowest BCUT2D eigenvalue weighted by molar-refractivity contribution is -0.153. The number of aliphatic hydroxyl groups is 1. The first kappa shape index (κ1) is 25.2. The molecule has 1 aromatic carbocycles. The maximum atomic E-state index is 12.9. The van der Waals surface area contributed by atoms with Gasteiger partial charge in [-0.25, -0.2) is 9.59 Å². The summed E-state index contributed by atoms with van der Waals surface area (Å²) < 4.78 is 5.39. The molecule has 0 spiro atoms. The van der Waals surface area contributed by atoms with E-state index in [0.29, 0.717) is 12.1 Å². The number of piperazine rings is 1. The number of hydrogen-bond donors (Lipinski definition) is 4. The van der Waals surface area contributed by atoms with Gasteiger partial charge >= 0.3 is 30.9 Å². The summed E-state index contributed by atoms with van der Waals surface area (Å²) in [6.07, 6.45) is -0.209. The highest BCUT2D eigenvalue weighted by molar-refractivity contribution is 6.47. The largest absolute Gasteiger partial charge is 0.535 e. The van der Waals surface area contributed by atoms with Crippen LogP contribution in [-0.2, 0) is 20.8 Å². The predicted molar refractivity (Wildman–Crippen MR) is 117 cm³/mol. The van der Waals surface area contributed by atoms with Gasteiger partial charge in [0.05, 0.1) is 11.6 Å². The molecule has 0 unspecified atom stereocenters.